The van der Waals surface area contributed by atoms with Gasteiger partial charge >= 0.3 is 0 Å². The summed E-state index contributed by atoms with van der Waals surface area (Å²) in [5.74, 6) is 2.21. The maximum absolute atomic E-state index is 12.5. The lowest BCUT2D eigenvalue weighted by molar-refractivity contribution is 0.0937. The Morgan fingerprint density at radius 2 is 1.92 bits per heavy atom. The third-order valence-electron chi connectivity index (χ3n) is 4.82. The summed E-state index contributed by atoms with van der Waals surface area (Å²) < 4.78 is 16.5. The van der Waals surface area contributed by atoms with Crippen molar-refractivity contribution in [3.8, 4) is 17.2 Å². The molecule has 0 atom stereocenters. The van der Waals surface area contributed by atoms with Crippen molar-refractivity contribution in [2.75, 3.05) is 6.79 Å². The molecule has 1 aliphatic carbocycles. The van der Waals surface area contributed by atoms with Crippen LogP contribution in [-0.4, -0.2) is 18.7 Å². The number of rotatable bonds is 5. The zero-order valence-electron chi connectivity index (χ0n) is 14.7. The van der Waals surface area contributed by atoms with Crippen LogP contribution in [0.25, 0.3) is 0 Å². The lowest BCUT2D eigenvalue weighted by Gasteiger charge is -2.15. The van der Waals surface area contributed by atoms with Crippen LogP contribution in [0.3, 0.4) is 0 Å². The largest absolute Gasteiger partial charge is 0.489 e. The zero-order chi connectivity index (χ0) is 17.8. The Morgan fingerprint density at radius 3 is 2.77 bits per heavy atom. The average Bonchev–Trinajstić information content (AvgIpc) is 3.24. The Kier molecular flexibility index (Phi) is 5.29. The van der Waals surface area contributed by atoms with E-state index in [0.717, 1.165) is 34.8 Å². The molecule has 1 aliphatic heterocycles. The summed E-state index contributed by atoms with van der Waals surface area (Å²) in [6.45, 7) is 0.676. The number of nitrogens with one attached hydrogen (secondary N) is 1. The van der Waals surface area contributed by atoms with E-state index in [2.05, 4.69) is 5.32 Å². The van der Waals surface area contributed by atoms with Crippen LogP contribution >= 0.6 is 11.3 Å². The van der Waals surface area contributed by atoms with Crippen LogP contribution in [-0.2, 0) is 6.61 Å². The molecule has 0 radical (unpaired) electrons. The number of hydrogen-bond acceptors (Lipinski definition) is 5. The number of carbonyl (C=O) groups excluding carboxylic acids is 1. The quantitative estimate of drug-likeness (QED) is 0.784. The third kappa shape index (κ3) is 4.12. The highest BCUT2D eigenvalue weighted by Crippen LogP contribution is 2.35. The first-order chi connectivity index (χ1) is 12.8. The predicted octanol–water partition coefficient (Wildman–Crippen LogP) is 4.51. The van der Waals surface area contributed by atoms with Crippen molar-refractivity contribution in [1.82, 2.24) is 5.32 Å². The summed E-state index contributed by atoms with van der Waals surface area (Å²) in [5.41, 5.74) is 0.999. The number of amides is 1. The number of benzene rings is 1. The van der Waals surface area contributed by atoms with Gasteiger partial charge in [-0.1, -0.05) is 25.7 Å². The van der Waals surface area contributed by atoms with Gasteiger partial charge in [0.05, 0.1) is 4.88 Å². The van der Waals surface area contributed by atoms with E-state index < -0.39 is 0 Å². The molecule has 1 saturated carbocycles. The summed E-state index contributed by atoms with van der Waals surface area (Å²) in [6.07, 6.45) is 7.18. The van der Waals surface area contributed by atoms with Crippen LogP contribution < -0.4 is 19.5 Å². The minimum Gasteiger partial charge on any atom is -0.489 e. The van der Waals surface area contributed by atoms with Crippen LogP contribution in [0.4, 0.5) is 0 Å². The Bertz CT molecular complexity index is 765. The molecule has 2 aromatic rings. The van der Waals surface area contributed by atoms with Gasteiger partial charge in [-0.15, -0.1) is 11.3 Å². The Labute approximate surface area is 157 Å². The SMILES string of the molecule is O=C(NC1CCCCCC1)c1cc(COc2ccc3c(c2)OCO3)cs1. The van der Waals surface area contributed by atoms with Gasteiger partial charge in [0.1, 0.15) is 12.4 Å². The van der Waals surface area contributed by atoms with Gasteiger partial charge in [0, 0.05) is 17.7 Å². The smallest absolute Gasteiger partial charge is 0.261 e. The first-order valence-electron chi connectivity index (χ1n) is 9.19. The van der Waals surface area contributed by atoms with E-state index in [9.17, 15) is 4.79 Å². The maximum atomic E-state index is 12.5. The highest BCUT2D eigenvalue weighted by molar-refractivity contribution is 7.12. The summed E-state index contributed by atoms with van der Waals surface area (Å²) in [7, 11) is 0. The fourth-order valence-corrected chi connectivity index (χ4v) is 4.18. The molecular formula is C20H23NO4S. The standard InChI is InChI=1S/C20H23NO4S/c22-20(21-15-5-3-1-2-4-6-15)19-9-14(12-26-19)11-23-16-7-8-17-18(10-16)25-13-24-17/h7-10,12,15H,1-6,11,13H2,(H,21,22). The third-order valence-corrected chi connectivity index (χ3v) is 5.80. The molecule has 138 valence electrons. The van der Waals surface area contributed by atoms with Crippen molar-refractivity contribution < 1.29 is 19.0 Å². The van der Waals surface area contributed by atoms with E-state index >= 15 is 0 Å². The molecule has 5 nitrogen and oxygen atoms in total. The minimum absolute atomic E-state index is 0.0382. The van der Waals surface area contributed by atoms with Crippen molar-refractivity contribution in [2.45, 2.75) is 51.2 Å². The Balaban J connectivity index is 1.31. The number of hydrogen-bond donors (Lipinski definition) is 1. The van der Waals surface area contributed by atoms with Crippen LogP contribution in [0.15, 0.2) is 29.6 Å². The highest BCUT2D eigenvalue weighted by atomic mass is 32.1. The molecule has 4 rings (SSSR count). The fourth-order valence-electron chi connectivity index (χ4n) is 3.38. The molecule has 26 heavy (non-hydrogen) atoms. The van der Waals surface area contributed by atoms with Crippen LogP contribution in [0, 0.1) is 0 Å². The van der Waals surface area contributed by atoms with Gasteiger partial charge in [-0.2, -0.15) is 0 Å². The fraction of sp³-hybridized carbons (Fsp3) is 0.450. The van der Waals surface area contributed by atoms with Crippen molar-refractivity contribution in [3.63, 3.8) is 0 Å². The molecule has 0 spiro atoms. The molecule has 0 unspecified atom stereocenters. The number of thiophene rings is 1. The normalized spacial score (nSPS) is 16.9. The Morgan fingerprint density at radius 1 is 1.12 bits per heavy atom. The molecular weight excluding hydrogens is 350 g/mol. The predicted molar refractivity (Wildman–Crippen MR) is 100 cm³/mol. The molecule has 0 bridgehead atoms. The molecule has 1 fully saturated rings. The van der Waals surface area contributed by atoms with E-state index in [1.807, 2.05) is 29.6 Å². The van der Waals surface area contributed by atoms with Gasteiger partial charge in [0.15, 0.2) is 11.5 Å². The number of carbonyl (C=O) groups is 1. The van der Waals surface area contributed by atoms with Crippen LogP contribution in [0.5, 0.6) is 17.2 Å². The van der Waals surface area contributed by atoms with Crippen molar-refractivity contribution in [2.24, 2.45) is 0 Å². The molecule has 2 heterocycles. The van der Waals surface area contributed by atoms with Crippen LogP contribution in [0.2, 0.25) is 0 Å². The van der Waals surface area contributed by atoms with Crippen molar-refractivity contribution >= 4 is 17.2 Å². The Hall–Kier alpha value is -2.21. The lowest BCUT2D eigenvalue weighted by Crippen LogP contribution is -2.33. The summed E-state index contributed by atoms with van der Waals surface area (Å²) in [5, 5.41) is 5.17. The maximum Gasteiger partial charge on any atom is 0.261 e. The topological polar surface area (TPSA) is 56.8 Å². The van der Waals surface area contributed by atoms with Gasteiger partial charge in [-0.05, 0) is 36.4 Å². The summed E-state index contributed by atoms with van der Waals surface area (Å²) >= 11 is 1.47. The molecule has 1 amide bonds. The van der Waals surface area contributed by atoms with Gasteiger partial charge in [0.2, 0.25) is 6.79 Å². The molecule has 6 heteroatoms. The zero-order valence-corrected chi connectivity index (χ0v) is 15.5. The molecule has 0 saturated heterocycles. The highest BCUT2D eigenvalue weighted by Gasteiger charge is 2.17. The number of fused-ring (bicyclic) bond motifs is 1. The first-order valence-corrected chi connectivity index (χ1v) is 10.1. The monoisotopic (exact) mass is 373 g/mol. The summed E-state index contributed by atoms with van der Waals surface area (Å²) in [4.78, 5) is 13.2. The number of ether oxygens (including phenoxy) is 3. The minimum atomic E-state index is 0.0382. The summed E-state index contributed by atoms with van der Waals surface area (Å²) in [6, 6.07) is 7.77. The van der Waals surface area contributed by atoms with Crippen molar-refractivity contribution in [1.29, 1.82) is 0 Å². The lowest BCUT2D eigenvalue weighted by atomic mass is 10.1. The molecule has 2 aliphatic rings. The molecule has 1 N–H and O–H groups in total. The van der Waals surface area contributed by atoms with E-state index in [-0.39, 0.29) is 12.7 Å². The van der Waals surface area contributed by atoms with E-state index in [1.54, 1.807) is 0 Å². The average molecular weight is 373 g/mol. The second-order valence-corrected chi connectivity index (χ2v) is 7.70. The van der Waals surface area contributed by atoms with E-state index in [1.165, 1.54) is 37.0 Å². The second-order valence-electron chi connectivity index (χ2n) is 6.78. The van der Waals surface area contributed by atoms with Gasteiger partial charge in [-0.25, -0.2) is 0 Å². The molecule has 1 aromatic heterocycles. The van der Waals surface area contributed by atoms with Crippen molar-refractivity contribution in [3.05, 3.63) is 40.1 Å². The van der Waals surface area contributed by atoms with Gasteiger partial charge < -0.3 is 19.5 Å². The van der Waals surface area contributed by atoms with Gasteiger partial charge in [0.25, 0.3) is 5.91 Å². The molecule has 1 aromatic carbocycles. The second kappa shape index (κ2) is 7.99. The van der Waals surface area contributed by atoms with E-state index in [4.69, 9.17) is 14.2 Å². The first kappa shape index (κ1) is 17.2. The van der Waals surface area contributed by atoms with Gasteiger partial charge in [-0.3, -0.25) is 4.79 Å². The van der Waals surface area contributed by atoms with Crippen LogP contribution in [0.1, 0.15) is 53.8 Å². The van der Waals surface area contributed by atoms with E-state index in [0.29, 0.717) is 18.4 Å².